The average molecular weight is 259 g/mol. The maximum Gasteiger partial charge on any atom is 0.358 e. The van der Waals surface area contributed by atoms with E-state index in [9.17, 15) is 4.79 Å². The minimum atomic E-state index is -0.432. The van der Waals surface area contributed by atoms with Crippen molar-refractivity contribution in [2.75, 3.05) is 7.11 Å². The molecular weight excluding hydrogens is 242 g/mol. The van der Waals surface area contributed by atoms with Crippen LogP contribution in [0.1, 0.15) is 37.0 Å². The quantitative estimate of drug-likeness (QED) is 0.777. The Bertz CT molecular complexity index is 582. The van der Waals surface area contributed by atoms with Crippen LogP contribution < -0.4 is 0 Å². The summed E-state index contributed by atoms with van der Waals surface area (Å²) in [4.78, 5) is 15.6. The van der Waals surface area contributed by atoms with E-state index in [1.54, 1.807) is 23.1 Å². The molecular formula is C14H17N3O2. The molecule has 0 fully saturated rings. The summed E-state index contributed by atoms with van der Waals surface area (Å²) >= 11 is 0. The molecule has 0 amide bonds. The Morgan fingerprint density at radius 2 is 1.89 bits per heavy atom. The average Bonchev–Trinajstić information content (AvgIpc) is 2.84. The number of carbonyl (C=O) groups excluding carboxylic acids is 1. The molecule has 0 radical (unpaired) electrons. The molecule has 2 heterocycles. The fourth-order valence-corrected chi connectivity index (χ4v) is 1.80. The molecule has 0 saturated carbocycles. The van der Waals surface area contributed by atoms with Crippen LogP contribution in [0.2, 0.25) is 0 Å². The molecule has 2 aromatic heterocycles. The molecule has 0 N–H and O–H groups in total. The first-order chi connectivity index (χ1) is 8.93. The van der Waals surface area contributed by atoms with Gasteiger partial charge in [0.25, 0.3) is 0 Å². The van der Waals surface area contributed by atoms with E-state index in [2.05, 4.69) is 30.9 Å². The van der Waals surface area contributed by atoms with Gasteiger partial charge in [0.2, 0.25) is 0 Å². The van der Waals surface area contributed by atoms with Gasteiger partial charge in [-0.25, -0.2) is 9.48 Å². The Morgan fingerprint density at radius 3 is 2.42 bits per heavy atom. The third kappa shape index (κ3) is 2.65. The zero-order valence-corrected chi connectivity index (χ0v) is 11.5. The van der Waals surface area contributed by atoms with Crippen molar-refractivity contribution < 1.29 is 9.53 Å². The van der Waals surface area contributed by atoms with Crippen molar-refractivity contribution in [3.05, 3.63) is 42.0 Å². The third-order valence-corrected chi connectivity index (χ3v) is 2.78. The van der Waals surface area contributed by atoms with Crippen LogP contribution in [0.3, 0.4) is 0 Å². The summed E-state index contributed by atoms with van der Waals surface area (Å²) < 4.78 is 6.48. The lowest BCUT2D eigenvalue weighted by molar-refractivity contribution is 0.0593. The molecule has 5 nitrogen and oxygen atoms in total. The number of aromatic nitrogens is 3. The van der Waals surface area contributed by atoms with Gasteiger partial charge in [0.05, 0.1) is 18.5 Å². The Hall–Kier alpha value is -2.17. The largest absolute Gasteiger partial charge is 0.464 e. The van der Waals surface area contributed by atoms with E-state index in [1.165, 1.54) is 7.11 Å². The highest BCUT2D eigenvalue weighted by molar-refractivity contribution is 5.87. The van der Waals surface area contributed by atoms with E-state index >= 15 is 0 Å². The lowest BCUT2D eigenvalue weighted by Gasteiger charge is -2.19. The molecule has 0 aromatic carbocycles. The van der Waals surface area contributed by atoms with Gasteiger partial charge >= 0.3 is 5.97 Å². The fourth-order valence-electron chi connectivity index (χ4n) is 1.80. The second kappa shape index (κ2) is 4.84. The molecule has 0 aliphatic rings. The highest BCUT2D eigenvalue weighted by Crippen LogP contribution is 2.25. The van der Waals surface area contributed by atoms with Crippen molar-refractivity contribution in [1.82, 2.24) is 14.8 Å². The van der Waals surface area contributed by atoms with E-state index in [4.69, 9.17) is 4.74 Å². The predicted molar refractivity (Wildman–Crippen MR) is 71.4 cm³/mol. The van der Waals surface area contributed by atoms with Crippen molar-refractivity contribution in [3.8, 4) is 5.69 Å². The maximum absolute atomic E-state index is 11.6. The van der Waals surface area contributed by atoms with Gasteiger partial charge in [0, 0.05) is 17.8 Å². The Morgan fingerprint density at radius 1 is 1.26 bits per heavy atom. The first-order valence-corrected chi connectivity index (χ1v) is 6.03. The smallest absolute Gasteiger partial charge is 0.358 e. The molecule has 0 bridgehead atoms. The molecule has 0 unspecified atom stereocenters. The molecule has 0 saturated heterocycles. The van der Waals surface area contributed by atoms with Crippen molar-refractivity contribution in [1.29, 1.82) is 0 Å². The predicted octanol–water partition coefficient (Wildman–Crippen LogP) is 2.35. The highest BCUT2D eigenvalue weighted by Gasteiger charge is 2.24. The molecule has 0 aliphatic carbocycles. The first kappa shape index (κ1) is 13.3. The van der Waals surface area contributed by atoms with Crippen LogP contribution >= 0.6 is 0 Å². The molecule has 0 aliphatic heterocycles. The number of methoxy groups -OCH3 is 1. The topological polar surface area (TPSA) is 57.0 Å². The molecule has 100 valence electrons. The molecule has 2 rings (SSSR count). The van der Waals surface area contributed by atoms with Crippen LogP contribution in [0.15, 0.2) is 30.6 Å². The van der Waals surface area contributed by atoms with Crippen LogP contribution in [-0.4, -0.2) is 27.8 Å². The van der Waals surface area contributed by atoms with Gasteiger partial charge in [-0.1, -0.05) is 20.8 Å². The third-order valence-electron chi connectivity index (χ3n) is 2.78. The van der Waals surface area contributed by atoms with Crippen molar-refractivity contribution in [2.24, 2.45) is 0 Å². The number of nitrogens with zero attached hydrogens (tertiary/aromatic N) is 3. The van der Waals surface area contributed by atoms with Crippen LogP contribution in [0.4, 0.5) is 0 Å². The lowest BCUT2D eigenvalue weighted by atomic mass is 9.91. The van der Waals surface area contributed by atoms with Gasteiger partial charge in [0.15, 0.2) is 5.69 Å². The summed E-state index contributed by atoms with van der Waals surface area (Å²) in [6, 6.07) is 5.47. The fraction of sp³-hybridized carbons (Fsp3) is 0.357. The van der Waals surface area contributed by atoms with Gasteiger partial charge in [0.1, 0.15) is 0 Å². The lowest BCUT2D eigenvalue weighted by Crippen LogP contribution is -2.17. The Labute approximate surface area is 112 Å². The summed E-state index contributed by atoms with van der Waals surface area (Å²) in [5.41, 5.74) is 1.99. The normalized spacial score (nSPS) is 11.4. The molecule has 19 heavy (non-hydrogen) atoms. The number of ether oxygens (including phenoxy) is 1. The highest BCUT2D eigenvalue weighted by atomic mass is 16.5. The summed E-state index contributed by atoms with van der Waals surface area (Å²) in [6.07, 6.45) is 3.39. The standard InChI is InChI=1S/C14H17N3O2/c1-14(2,3)12-9-11(13(18)19-4)16-17(12)10-5-7-15-8-6-10/h5-9H,1-4H3. The van der Waals surface area contributed by atoms with E-state index in [0.29, 0.717) is 5.69 Å². The van der Waals surface area contributed by atoms with Gasteiger partial charge in [-0.2, -0.15) is 5.10 Å². The van der Waals surface area contributed by atoms with Gasteiger partial charge < -0.3 is 4.74 Å². The van der Waals surface area contributed by atoms with E-state index in [-0.39, 0.29) is 5.41 Å². The van der Waals surface area contributed by atoms with Gasteiger partial charge in [-0.3, -0.25) is 4.98 Å². The molecule has 0 atom stereocenters. The van der Waals surface area contributed by atoms with Gasteiger partial charge in [-0.15, -0.1) is 0 Å². The zero-order chi connectivity index (χ0) is 14.0. The molecule has 5 heteroatoms. The van der Waals surface area contributed by atoms with E-state index < -0.39 is 5.97 Å². The molecule has 2 aromatic rings. The van der Waals surface area contributed by atoms with Crippen molar-refractivity contribution in [3.63, 3.8) is 0 Å². The van der Waals surface area contributed by atoms with E-state index in [0.717, 1.165) is 11.4 Å². The monoisotopic (exact) mass is 259 g/mol. The summed E-state index contributed by atoms with van der Waals surface area (Å²) in [5.74, 6) is -0.432. The number of carbonyl (C=O) groups is 1. The Balaban J connectivity index is 2.59. The second-order valence-corrected chi connectivity index (χ2v) is 5.27. The SMILES string of the molecule is COC(=O)c1cc(C(C)(C)C)n(-c2ccncc2)n1. The van der Waals surface area contributed by atoms with Crippen LogP contribution in [0, 0.1) is 0 Å². The summed E-state index contributed by atoms with van der Waals surface area (Å²) in [6.45, 7) is 6.22. The Kier molecular flexibility index (Phi) is 3.38. The minimum absolute atomic E-state index is 0.136. The number of esters is 1. The maximum atomic E-state index is 11.6. The summed E-state index contributed by atoms with van der Waals surface area (Å²) in [7, 11) is 1.35. The number of rotatable bonds is 2. The first-order valence-electron chi connectivity index (χ1n) is 6.03. The number of pyridine rings is 1. The van der Waals surface area contributed by atoms with Crippen molar-refractivity contribution >= 4 is 5.97 Å². The minimum Gasteiger partial charge on any atom is -0.464 e. The molecule has 0 spiro atoms. The second-order valence-electron chi connectivity index (χ2n) is 5.27. The van der Waals surface area contributed by atoms with E-state index in [1.807, 2.05) is 12.1 Å². The van der Waals surface area contributed by atoms with Crippen LogP contribution in [0.5, 0.6) is 0 Å². The van der Waals surface area contributed by atoms with Crippen LogP contribution in [-0.2, 0) is 10.2 Å². The van der Waals surface area contributed by atoms with Crippen molar-refractivity contribution in [2.45, 2.75) is 26.2 Å². The number of hydrogen-bond acceptors (Lipinski definition) is 4. The van der Waals surface area contributed by atoms with Gasteiger partial charge in [-0.05, 0) is 18.2 Å². The summed E-state index contributed by atoms with van der Waals surface area (Å²) in [5, 5.41) is 4.33. The zero-order valence-electron chi connectivity index (χ0n) is 11.5. The number of hydrogen-bond donors (Lipinski definition) is 0. The van der Waals surface area contributed by atoms with Crippen LogP contribution in [0.25, 0.3) is 5.69 Å².